The third-order valence-corrected chi connectivity index (χ3v) is 3.57. The lowest BCUT2D eigenvalue weighted by Gasteiger charge is -2.09. The summed E-state index contributed by atoms with van der Waals surface area (Å²) in [6, 6.07) is 12.2. The summed E-state index contributed by atoms with van der Waals surface area (Å²) in [7, 11) is 5.79. The Labute approximate surface area is 144 Å². The van der Waals surface area contributed by atoms with Crippen molar-refractivity contribution in [3.8, 4) is 11.4 Å². The Morgan fingerprint density at radius 3 is 2.43 bits per heavy atom. The standard InChI is InChI=1S/C15H10BCl2N5/c16-8-1-6-12(18)11(7-8)13-21-14(19)23-15(22-13)20-10-4-2-9(17)3-5-10/h1-7H,(H3,19,20,21,22,23). The van der Waals surface area contributed by atoms with E-state index in [0.717, 1.165) is 5.69 Å². The Morgan fingerprint density at radius 1 is 0.957 bits per heavy atom. The molecule has 0 unspecified atom stereocenters. The number of benzene rings is 2. The highest BCUT2D eigenvalue weighted by molar-refractivity contribution is 6.36. The van der Waals surface area contributed by atoms with Crippen molar-refractivity contribution in [3.05, 3.63) is 52.5 Å². The van der Waals surface area contributed by atoms with Gasteiger partial charge in [-0.15, -0.1) is 0 Å². The third kappa shape index (κ3) is 3.72. The summed E-state index contributed by atoms with van der Waals surface area (Å²) < 4.78 is 0. The molecule has 0 saturated carbocycles. The van der Waals surface area contributed by atoms with Crippen LogP contribution in [-0.2, 0) is 0 Å². The molecule has 2 radical (unpaired) electrons. The minimum absolute atomic E-state index is 0.0740. The molecule has 0 atom stereocenters. The molecular weight excluding hydrogens is 332 g/mol. The van der Waals surface area contributed by atoms with Crippen LogP contribution in [0, 0.1) is 0 Å². The quantitative estimate of drug-likeness (QED) is 0.716. The van der Waals surface area contributed by atoms with E-state index in [0.29, 0.717) is 32.8 Å². The molecule has 0 aliphatic carbocycles. The van der Waals surface area contributed by atoms with Gasteiger partial charge in [0.25, 0.3) is 0 Å². The number of aromatic nitrogens is 3. The fourth-order valence-corrected chi connectivity index (χ4v) is 2.27. The first-order valence-corrected chi connectivity index (χ1v) is 7.36. The monoisotopic (exact) mass is 341 g/mol. The van der Waals surface area contributed by atoms with Crippen molar-refractivity contribution in [1.82, 2.24) is 15.0 Å². The van der Waals surface area contributed by atoms with Crippen molar-refractivity contribution >= 4 is 54.1 Å². The van der Waals surface area contributed by atoms with Crippen LogP contribution in [0.3, 0.4) is 0 Å². The van der Waals surface area contributed by atoms with Gasteiger partial charge < -0.3 is 11.1 Å². The van der Waals surface area contributed by atoms with Crippen molar-refractivity contribution in [2.45, 2.75) is 0 Å². The first kappa shape index (κ1) is 15.6. The fraction of sp³-hybridized carbons (Fsp3) is 0. The van der Waals surface area contributed by atoms with Gasteiger partial charge in [-0.1, -0.05) is 40.8 Å². The van der Waals surface area contributed by atoms with Gasteiger partial charge >= 0.3 is 0 Å². The van der Waals surface area contributed by atoms with Crippen LogP contribution < -0.4 is 16.5 Å². The minimum Gasteiger partial charge on any atom is -0.368 e. The molecule has 1 aromatic heterocycles. The van der Waals surface area contributed by atoms with Crippen LogP contribution in [0.25, 0.3) is 11.4 Å². The van der Waals surface area contributed by atoms with Crippen LogP contribution in [0.4, 0.5) is 17.6 Å². The highest BCUT2D eigenvalue weighted by Gasteiger charge is 2.11. The number of nitrogens with two attached hydrogens (primary N) is 1. The van der Waals surface area contributed by atoms with E-state index in [2.05, 4.69) is 20.3 Å². The van der Waals surface area contributed by atoms with Crippen LogP contribution in [0.1, 0.15) is 0 Å². The molecule has 23 heavy (non-hydrogen) atoms. The molecule has 5 nitrogen and oxygen atoms in total. The zero-order chi connectivity index (χ0) is 16.4. The van der Waals surface area contributed by atoms with Gasteiger partial charge in [-0.05, 0) is 30.3 Å². The maximum absolute atomic E-state index is 6.18. The van der Waals surface area contributed by atoms with Crippen molar-refractivity contribution < 1.29 is 0 Å². The van der Waals surface area contributed by atoms with Crippen molar-refractivity contribution in [1.29, 1.82) is 0 Å². The summed E-state index contributed by atoms with van der Waals surface area (Å²) in [6.07, 6.45) is 0. The lowest BCUT2D eigenvalue weighted by atomic mass is 9.94. The summed E-state index contributed by atoms with van der Waals surface area (Å²) >= 11 is 12.0. The van der Waals surface area contributed by atoms with Crippen LogP contribution in [0.15, 0.2) is 42.5 Å². The molecule has 1 heterocycles. The number of anilines is 3. The van der Waals surface area contributed by atoms with Gasteiger partial charge in [-0.3, -0.25) is 0 Å². The smallest absolute Gasteiger partial charge is 0.232 e. The number of nitrogens with zero attached hydrogens (tertiary/aromatic N) is 3. The number of nitrogens with one attached hydrogen (secondary N) is 1. The highest BCUT2D eigenvalue weighted by Crippen LogP contribution is 2.25. The number of rotatable bonds is 3. The van der Waals surface area contributed by atoms with Crippen LogP contribution in [-0.4, -0.2) is 22.8 Å². The maximum atomic E-state index is 6.18. The van der Waals surface area contributed by atoms with Crippen LogP contribution in [0.5, 0.6) is 0 Å². The van der Waals surface area contributed by atoms with Crippen LogP contribution >= 0.6 is 23.2 Å². The Morgan fingerprint density at radius 2 is 1.70 bits per heavy atom. The first-order chi connectivity index (χ1) is 11.0. The first-order valence-electron chi connectivity index (χ1n) is 6.61. The lowest BCUT2D eigenvalue weighted by molar-refractivity contribution is 1.08. The van der Waals surface area contributed by atoms with Crippen molar-refractivity contribution in [3.63, 3.8) is 0 Å². The van der Waals surface area contributed by atoms with Crippen LogP contribution in [0.2, 0.25) is 10.0 Å². The van der Waals surface area contributed by atoms with E-state index in [9.17, 15) is 0 Å². The van der Waals surface area contributed by atoms with E-state index in [1.807, 2.05) is 0 Å². The fourth-order valence-electron chi connectivity index (χ4n) is 1.95. The summed E-state index contributed by atoms with van der Waals surface area (Å²) in [6.45, 7) is 0. The van der Waals surface area contributed by atoms with Gasteiger partial charge in [0.2, 0.25) is 11.9 Å². The van der Waals surface area contributed by atoms with Gasteiger partial charge in [0.15, 0.2) is 5.82 Å². The third-order valence-electron chi connectivity index (χ3n) is 2.98. The summed E-state index contributed by atoms with van der Waals surface area (Å²) in [4.78, 5) is 12.5. The predicted octanol–water partition coefficient (Wildman–Crippen LogP) is 2.97. The number of nitrogen functional groups attached to an aromatic ring is 1. The number of hydrogen-bond donors (Lipinski definition) is 2. The van der Waals surface area contributed by atoms with E-state index in [1.165, 1.54) is 0 Å². The second kappa shape index (κ2) is 6.44. The summed E-state index contributed by atoms with van der Waals surface area (Å²) in [5.41, 5.74) is 7.67. The lowest BCUT2D eigenvalue weighted by Crippen LogP contribution is -2.07. The zero-order valence-electron chi connectivity index (χ0n) is 11.8. The maximum Gasteiger partial charge on any atom is 0.232 e. The van der Waals surface area contributed by atoms with Gasteiger partial charge in [-0.25, -0.2) is 0 Å². The molecule has 0 bridgehead atoms. The molecule has 0 aliphatic rings. The Balaban J connectivity index is 1.99. The normalized spacial score (nSPS) is 10.5. The van der Waals surface area contributed by atoms with Gasteiger partial charge in [0, 0.05) is 16.3 Å². The summed E-state index contributed by atoms with van der Waals surface area (Å²) in [5, 5.41) is 4.15. The molecule has 3 N–H and O–H groups in total. The van der Waals surface area contributed by atoms with E-state index >= 15 is 0 Å². The van der Waals surface area contributed by atoms with E-state index < -0.39 is 0 Å². The second-order valence-electron chi connectivity index (χ2n) is 4.71. The van der Waals surface area contributed by atoms with E-state index in [1.54, 1.807) is 42.5 Å². The van der Waals surface area contributed by atoms with Crippen molar-refractivity contribution in [2.24, 2.45) is 0 Å². The minimum atomic E-state index is 0.0740. The average molecular weight is 342 g/mol. The van der Waals surface area contributed by atoms with Gasteiger partial charge in [0.05, 0.1) is 5.02 Å². The molecule has 2 aromatic carbocycles. The van der Waals surface area contributed by atoms with E-state index in [-0.39, 0.29) is 5.95 Å². The highest BCUT2D eigenvalue weighted by atomic mass is 35.5. The molecule has 3 rings (SSSR count). The zero-order valence-corrected chi connectivity index (χ0v) is 13.3. The number of halogens is 2. The van der Waals surface area contributed by atoms with Gasteiger partial charge in [0.1, 0.15) is 7.85 Å². The molecule has 0 spiro atoms. The average Bonchev–Trinajstić information content (AvgIpc) is 2.51. The molecule has 8 heteroatoms. The Bertz CT molecular complexity index is 855. The molecule has 0 fully saturated rings. The summed E-state index contributed by atoms with van der Waals surface area (Å²) in [5.74, 6) is 0.713. The molecular formula is C15H10BCl2N5. The molecule has 3 aromatic rings. The topological polar surface area (TPSA) is 76.7 Å². The molecule has 0 aliphatic heterocycles. The Hall–Kier alpha value is -2.31. The molecule has 112 valence electrons. The van der Waals surface area contributed by atoms with Gasteiger partial charge in [-0.2, -0.15) is 15.0 Å². The van der Waals surface area contributed by atoms with E-state index in [4.69, 9.17) is 36.8 Å². The van der Waals surface area contributed by atoms with Crippen molar-refractivity contribution in [2.75, 3.05) is 11.1 Å². The predicted molar refractivity (Wildman–Crippen MR) is 94.8 cm³/mol. The SMILES string of the molecule is [B]c1ccc(Cl)c(-c2nc(N)nc(Nc3ccc(Cl)cc3)n2)c1. The second-order valence-corrected chi connectivity index (χ2v) is 5.56. The number of hydrogen-bond acceptors (Lipinski definition) is 5. The molecule has 0 saturated heterocycles. The largest absolute Gasteiger partial charge is 0.368 e. The molecule has 0 amide bonds. The Kier molecular flexibility index (Phi) is 4.36.